The molecule has 0 aliphatic rings. The Labute approximate surface area is 54.5 Å². The van der Waals surface area contributed by atoms with Gasteiger partial charge in [0.25, 0.3) is 0 Å². The molecule has 0 aromatic carbocycles. The molecule has 0 aromatic rings. The monoisotopic (exact) mass is 129 g/mol. The second-order valence-electron chi connectivity index (χ2n) is 1.77. The Kier molecular flexibility index (Phi) is 2.95. The second-order valence-corrected chi connectivity index (χ2v) is 1.77. The number of carbonyl (C=O) groups is 1. The van der Waals surface area contributed by atoms with Crippen LogP contribution in [0.3, 0.4) is 0 Å². The van der Waals surface area contributed by atoms with Crippen LogP contribution >= 0.6 is 0 Å². The molecule has 3 heteroatoms. The van der Waals surface area contributed by atoms with E-state index in [1.807, 2.05) is 0 Å². The number of primary amides is 1. The van der Waals surface area contributed by atoms with E-state index in [1.54, 1.807) is 6.92 Å². The molecule has 0 saturated carbocycles. The minimum absolute atomic E-state index is 0.275. The summed E-state index contributed by atoms with van der Waals surface area (Å²) in [6.45, 7) is 5.14. The Bertz CT molecular complexity index is 131. The quantitative estimate of drug-likeness (QED) is 0.548. The Hall–Kier alpha value is -0.830. The Morgan fingerprint density at radius 1 is 1.78 bits per heavy atom. The molecule has 0 aliphatic carbocycles. The number of ether oxygens (including phenoxy) is 1. The fourth-order valence-electron chi connectivity index (χ4n) is 0.343. The van der Waals surface area contributed by atoms with Crippen LogP contribution in [-0.2, 0) is 9.53 Å². The van der Waals surface area contributed by atoms with Gasteiger partial charge in [-0.25, -0.2) is 0 Å². The molecule has 2 N–H and O–H groups in total. The number of hydrogen-bond acceptors (Lipinski definition) is 2. The van der Waals surface area contributed by atoms with Crippen molar-refractivity contribution in [2.45, 2.75) is 13.0 Å². The molecule has 3 nitrogen and oxygen atoms in total. The molecule has 0 bridgehead atoms. The molecule has 0 saturated heterocycles. The first-order valence-electron chi connectivity index (χ1n) is 2.61. The molecule has 0 fully saturated rings. The van der Waals surface area contributed by atoms with Crippen LogP contribution in [0.5, 0.6) is 0 Å². The molecule has 1 amide bonds. The van der Waals surface area contributed by atoms with Gasteiger partial charge < -0.3 is 10.5 Å². The summed E-state index contributed by atoms with van der Waals surface area (Å²) in [6.07, 6.45) is -0.275. The Morgan fingerprint density at radius 2 is 2.22 bits per heavy atom. The van der Waals surface area contributed by atoms with Crippen molar-refractivity contribution in [3.63, 3.8) is 0 Å². The summed E-state index contributed by atoms with van der Waals surface area (Å²) in [5.41, 5.74) is 5.20. The number of carbonyl (C=O) groups excluding carboxylic acids is 1. The lowest BCUT2D eigenvalue weighted by atomic mass is 10.2. The van der Waals surface area contributed by atoms with Crippen LogP contribution < -0.4 is 5.73 Å². The number of methoxy groups -OCH3 is 1. The zero-order valence-corrected chi connectivity index (χ0v) is 5.68. The molecule has 0 rings (SSSR count). The lowest BCUT2D eigenvalue weighted by Crippen LogP contribution is -2.22. The van der Waals surface area contributed by atoms with E-state index in [2.05, 4.69) is 6.58 Å². The predicted octanol–water partition coefficient (Wildman–Crippen LogP) is 0.0628. The van der Waals surface area contributed by atoms with Crippen LogP contribution in [-0.4, -0.2) is 19.1 Å². The summed E-state index contributed by atoms with van der Waals surface area (Å²) in [6, 6.07) is 0. The zero-order valence-electron chi connectivity index (χ0n) is 5.68. The summed E-state index contributed by atoms with van der Waals surface area (Å²) >= 11 is 0. The van der Waals surface area contributed by atoms with Crippen LogP contribution in [0.15, 0.2) is 12.2 Å². The lowest BCUT2D eigenvalue weighted by molar-refractivity contribution is -0.115. The standard InChI is InChI=1S/C6H11NO2/c1-4(6(7)8)5(2)9-3/h5H,1H2,2-3H3,(H2,7,8). The van der Waals surface area contributed by atoms with E-state index >= 15 is 0 Å². The minimum Gasteiger partial charge on any atom is -0.377 e. The van der Waals surface area contributed by atoms with Crippen molar-refractivity contribution in [2.75, 3.05) is 7.11 Å². The topological polar surface area (TPSA) is 52.3 Å². The SMILES string of the molecule is C=C(C(N)=O)C(C)OC. The first-order chi connectivity index (χ1) is 4.09. The van der Waals surface area contributed by atoms with E-state index in [-0.39, 0.29) is 6.10 Å². The van der Waals surface area contributed by atoms with Crippen LogP contribution in [0.25, 0.3) is 0 Å². The van der Waals surface area contributed by atoms with E-state index in [1.165, 1.54) is 7.11 Å². The highest BCUT2D eigenvalue weighted by molar-refractivity contribution is 5.92. The van der Waals surface area contributed by atoms with Gasteiger partial charge in [-0.3, -0.25) is 4.79 Å². The summed E-state index contributed by atoms with van der Waals surface area (Å²) < 4.78 is 4.77. The van der Waals surface area contributed by atoms with Crippen molar-refractivity contribution in [1.29, 1.82) is 0 Å². The predicted molar refractivity (Wildman–Crippen MR) is 34.8 cm³/mol. The Balaban J connectivity index is 3.88. The van der Waals surface area contributed by atoms with Crippen LogP contribution in [0.2, 0.25) is 0 Å². The summed E-state index contributed by atoms with van der Waals surface area (Å²) in [7, 11) is 1.50. The number of rotatable bonds is 3. The third-order valence-corrected chi connectivity index (χ3v) is 1.16. The second kappa shape index (κ2) is 3.25. The first kappa shape index (κ1) is 8.17. The normalized spacial score (nSPS) is 12.7. The fourth-order valence-corrected chi connectivity index (χ4v) is 0.343. The third-order valence-electron chi connectivity index (χ3n) is 1.16. The molecule has 0 radical (unpaired) electrons. The summed E-state index contributed by atoms with van der Waals surface area (Å²) in [5.74, 6) is -0.510. The van der Waals surface area contributed by atoms with Crippen molar-refractivity contribution >= 4 is 5.91 Å². The van der Waals surface area contributed by atoms with Crippen molar-refractivity contribution in [1.82, 2.24) is 0 Å². The van der Waals surface area contributed by atoms with Gasteiger partial charge in [0.05, 0.1) is 6.10 Å². The fraction of sp³-hybridized carbons (Fsp3) is 0.500. The Morgan fingerprint density at radius 3 is 2.33 bits per heavy atom. The van der Waals surface area contributed by atoms with E-state index < -0.39 is 5.91 Å². The smallest absolute Gasteiger partial charge is 0.246 e. The van der Waals surface area contributed by atoms with E-state index in [0.29, 0.717) is 5.57 Å². The van der Waals surface area contributed by atoms with Gasteiger partial charge >= 0.3 is 0 Å². The molecule has 0 spiro atoms. The highest BCUT2D eigenvalue weighted by Crippen LogP contribution is 1.99. The number of nitrogens with two attached hydrogens (primary N) is 1. The third kappa shape index (κ3) is 2.28. The van der Waals surface area contributed by atoms with Gasteiger partial charge in [-0.15, -0.1) is 0 Å². The molecule has 52 valence electrons. The highest BCUT2D eigenvalue weighted by atomic mass is 16.5. The summed E-state index contributed by atoms with van der Waals surface area (Å²) in [4.78, 5) is 10.3. The number of amides is 1. The van der Waals surface area contributed by atoms with E-state index in [9.17, 15) is 4.79 Å². The van der Waals surface area contributed by atoms with Gasteiger partial charge in [0.1, 0.15) is 0 Å². The van der Waals surface area contributed by atoms with Crippen molar-refractivity contribution in [2.24, 2.45) is 5.73 Å². The highest BCUT2D eigenvalue weighted by Gasteiger charge is 2.08. The molecule has 0 aliphatic heterocycles. The first-order valence-corrected chi connectivity index (χ1v) is 2.61. The molecule has 9 heavy (non-hydrogen) atoms. The van der Waals surface area contributed by atoms with Crippen molar-refractivity contribution < 1.29 is 9.53 Å². The van der Waals surface area contributed by atoms with Crippen molar-refractivity contribution in [3.05, 3.63) is 12.2 Å². The largest absolute Gasteiger partial charge is 0.377 e. The van der Waals surface area contributed by atoms with Crippen LogP contribution in [0.1, 0.15) is 6.92 Å². The molecule has 0 heterocycles. The van der Waals surface area contributed by atoms with E-state index in [4.69, 9.17) is 10.5 Å². The van der Waals surface area contributed by atoms with Crippen molar-refractivity contribution in [3.8, 4) is 0 Å². The zero-order chi connectivity index (χ0) is 7.44. The summed E-state index contributed by atoms with van der Waals surface area (Å²) in [5, 5.41) is 0. The molecule has 1 atom stereocenters. The molecule has 0 aromatic heterocycles. The maximum atomic E-state index is 10.3. The number of hydrogen-bond donors (Lipinski definition) is 1. The van der Waals surface area contributed by atoms with Gasteiger partial charge in [0, 0.05) is 12.7 Å². The molecular formula is C6H11NO2. The van der Waals surface area contributed by atoms with Gasteiger partial charge in [-0.2, -0.15) is 0 Å². The van der Waals surface area contributed by atoms with Gasteiger partial charge in [0.15, 0.2) is 0 Å². The lowest BCUT2D eigenvalue weighted by Gasteiger charge is -2.07. The van der Waals surface area contributed by atoms with Crippen LogP contribution in [0, 0.1) is 0 Å². The maximum Gasteiger partial charge on any atom is 0.246 e. The van der Waals surface area contributed by atoms with Gasteiger partial charge in [0.2, 0.25) is 5.91 Å². The van der Waals surface area contributed by atoms with Crippen LogP contribution in [0.4, 0.5) is 0 Å². The average Bonchev–Trinajstić information content (AvgIpc) is 1.84. The maximum absolute atomic E-state index is 10.3. The average molecular weight is 129 g/mol. The van der Waals surface area contributed by atoms with Gasteiger partial charge in [-0.1, -0.05) is 6.58 Å². The minimum atomic E-state index is -0.510. The molecule has 1 unspecified atom stereocenters. The molecular weight excluding hydrogens is 118 g/mol. The van der Waals surface area contributed by atoms with E-state index in [0.717, 1.165) is 0 Å². The van der Waals surface area contributed by atoms with Gasteiger partial charge in [-0.05, 0) is 6.92 Å².